The first-order valence-electron chi connectivity index (χ1n) is 5.47. The first-order valence-corrected chi connectivity index (χ1v) is 5.85. The fourth-order valence-corrected chi connectivity index (χ4v) is 1.95. The second kappa shape index (κ2) is 5.19. The Morgan fingerprint density at radius 2 is 2.29 bits per heavy atom. The predicted octanol–water partition coefficient (Wildman–Crippen LogP) is 2.51. The highest BCUT2D eigenvalue weighted by atomic mass is 35.5. The molecule has 0 saturated heterocycles. The molecule has 17 heavy (non-hydrogen) atoms. The van der Waals surface area contributed by atoms with Crippen molar-refractivity contribution in [1.29, 1.82) is 0 Å². The van der Waals surface area contributed by atoms with Crippen LogP contribution in [0.2, 0.25) is 0 Å². The standard InChI is InChI=1S/C12H13ClN2O2/c1-2-17-10-6-4-3-5-9(10)11-14-7-8-15(11)12(13)16/h3-6H,2,7-8H2,1H3. The third-order valence-electron chi connectivity index (χ3n) is 2.48. The average molecular weight is 253 g/mol. The summed E-state index contributed by atoms with van der Waals surface area (Å²) in [5.74, 6) is 1.31. The number of nitrogens with zero attached hydrogens (tertiary/aromatic N) is 2. The van der Waals surface area contributed by atoms with Gasteiger partial charge in [0, 0.05) is 6.54 Å². The molecule has 0 spiro atoms. The van der Waals surface area contributed by atoms with Gasteiger partial charge in [0.25, 0.3) is 0 Å². The second-order valence-corrected chi connectivity index (χ2v) is 3.86. The van der Waals surface area contributed by atoms with Crippen LogP contribution in [0.1, 0.15) is 12.5 Å². The number of carbonyl (C=O) groups is 1. The van der Waals surface area contributed by atoms with Crippen LogP contribution in [0, 0.1) is 0 Å². The van der Waals surface area contributed by atoms with E-state index >= 15 is 0 Å². The summed E-state index contributed by atoms with van der Waals surface area (Å²) in [5.41, 5.74) is 0.806. The summed E-state index contributed by atoms with van der Waals surface area (Å²) >= 11 is 5.52. The van der Waals surface area contributed by atoms with E-state index in [1.807, 2.05) is 31.2 Å². The lowest BCUT2D eigenvalue weighted by atomic mass is 10.1. The van der Waals surface area contributed by atoms with Crippen LogP contribution in [0.5, 0.6) is 5.75 Å². The van der Waals surface area contributed by atoms with Crippen LogP contribution in [-0.2, 0) is 0 Å². The fourth-order valence-electron chi connectivity index (χ4n) is 1.78. The van der Waals surface area contributed by atoms with Crippen LogP contribution in [0.4, 0.5) is 4.79 Å². The van der Waals surface area contributed by atoms with E-state index < -0.39 is 5.37 Å². The second-order valence-electron chi connectivity index (χ2n) is 3.54. The van der Waals surface area contributed by atoms with Crippen molar-refractivity contribution in [2.45, 2.75) is 6.92 Å². The zero-order chi connectivity index (χ0) is 12.3. The lowest BCUT2D eigenvalue weighted by Crippen LogP contribution is -2.30. The molecular weight excluding hydrogens is 240 g/mol. The van der Waals surface area contributed by atoms with Crippen LogP contribution in [0.15, 0.2) is 29.3 Å². The molecule has 0 aliphatic carbocycles. The van der Waals surface area contributed by atoms with Gasteiger partial charge in [0.2, 0.25) is 0 Å². The minimum atomic E-state index is -0.507. The van der Waals surface area contributed by atoms with Crippen molar-refractivity contribution in [2.24, 2.45) is 4.99 Å². The number of aliphatic imine (C=N–C) groups is 1. The lowest BCUT2D eigenvalue weighted by molar-refractivity contribution is 0.245. The quantitative estimate of drug-likeness (QED) is 0.613. The number of hydrogen-bond acceptors (Lipinski definition) is 3. The van der Waals surface area contributed by atoms with E-state index in [-0.39, 0.29) is 0 Å². The van der Waals surface area contributed by atoms with Crippen LogP contribution in [0.25, 0.3) is 0 Å². The normalized spacial score (nSPS) is 14.7. The number of halogens is 1. The fraction of sp³-hybridized carbons (Fsp3) is 0.333. The molecule has 0 radical (unpaired) electrons. The third-order valence-corrected chi connectivity index (χ3v) is 2.68. The summed E-state index contributed by atoms with van der Waals surface area (Å²) in [6.07, 6.45) is 0. The molecule has 0 N–H and O–H groups in total. The van der Waals surface area contributed by atoms with E-state index in [1.54, 1.807) is 0 Å². The van der Waals surface area contributed by atoms with Gasteiger partial charge in [-0.25, -0.2) is 0 Å². The van der Waals surface area contributed by atoms with Crippen molar-refractivity contribution in [2.75, 3.05) is 19.7 Å². The van der Waals surface area contributed by atoms with Crippen molar-refractivity contribution in [3.8, 4) is 5.75 Å². The van der Waals surface area contributed by atoms with Gasteiger partial charge in [-0.1, -0.05) is 12.1 Å². The highest BCUT2D eigenvalue weighted by Gasteiger charge is 2.25. The van der Waals surface area contributed by atoms with Gasteiger partial charge in [0.15, 0.2) is 0 Å². The molecule has 4 nitrogen and oxygen atoms in total. The molecule has 0 fully saturated rings. The summed E-state index contributed by atoms with van der Waals surface area (Å²) in [6.45, 7) is 3.59. The highest BCUT2D eigenvalue weighted by Crippen LogP contribution is 2.23. The summed E-state index contributed by atoms with van der Waals surface area (Å²) in [5, 5.41) is -0.507. The van der Waals surface area contributed by atoms with Gasteiger partial charge in [-0.05, 0) is 30.7 Å². The summed E-state index contributed by atoms with van der Waals surface area (Å²) in [6, 6.07) is 7.50. The number of carbonyl (C=O) groups excluding carboxylic acids is 1. The number of hydrogen-bond donors (Lipinski definition) is 0. The number of para-hydroxylation sites is 1. The SMILES string of the molecule is CCOc1ccccc1C1=NCCN1C(=O)Cl. The Hall–Kier alpha value is -1.55. The van der Waals surface area contributed by atoms with E-state index in [4.69, 9.17) is 16.3 Å². The molecule has 0 unspecified atom stereocenters. The van der Waals surface area contributed by atoms with Gasteiger partial charge < -0.3 is 4.74 Å². The van der Waals surface area contributed by atoms with E-state index in [0.717, 1.165) is 11.3 Å². The molecule has 1 aliphatic rings. The molecule has 90 valence electrons. The van der Waals surface area contributed by atoms with Gasteiger partial charge in [-0.3, -0.25) is 14.7 Å². The van der Waals surface area contributed by atoms with Crippen molar-refractivity contribution in [3.63, 3.8) is 0 Å². The Balaban J connectivity index is 2.36. The Morgan fingerprint density at radius 1 is 1.53 bits per heavy atom. The molecule has 1 aliphatic heterocycles. The molecule has 5 heteroatoms. The highest BCUT2D eigenvalue weighted by molar-refractivity contribution is 6.64. The van der Waals surface area contributed by atoms with Gasteiger partial charge in [-0.15, -0.1) is 0 Å². The van der Waals surface area contributed by atoms with Crippen LogP contribution in [-0.4, -0.2) is 35.8 Å². The van der Waals surface area contributed by atoms with Gasteiger partial charge >= 0.3 is 5.37 Å². The molecule has 0 atom stereocenters. The molecule has 0 aromatic heterocycles. The minimum Gasteiger partial charge on any atom is -0.493 e. The van der Waals surface area contributed by atoms with E-state index in [2.05, 4.69) is 4.99 Å². The summed E-state index contributed by atoms with van der Waals surface area (Å²) in [7, 11) is 0. The van der Waals surface area contributed by atoms with E-state index in [0.29, 0.717) is 25.5 Å². The average Bonchev–Trinajstić information content (AvgIpc) is 2.79. The maximum atomic E-state index is 11.3. The first kappa shape index (κ1) is 11.9. The monoisotopic (exact) mass is 252 g/mol. The van der Waals surface area contributed by atoms with Gasteiger partial charge in [0.05, 0.1) is 18.7 Å². The lowest BCUT2D eigenvalue weighted by Gasteiger charge is -2.17. The maximum absolute atomic E-state index is 11.3. The van der Waals surface area contributed by atoms with Crippen molar-refractivity contribution in [3.05, 3.63) is 29.8 Å². The molecular formula is C12H13ClN2O2. The molecule has 0 saturated carbocycles. The number of benzene rings is 1. The molecule has 1 aromatic carbocycles. The number of amidine groups is 1. The molecule has 1 heterocycles. The number of ether oxygens (including phenoxy) is 1. The van der Waals surface area contributed by atoms with E-state index in [1.165, 1.54) is 4.90 Å². The molecule has 0 bridgehead atoms. The smallest absolute Gasteiger partial charge is 0.322 e. The van der Waals surface area contributed by atoms with Crippen LogP contribution < -0.4 is 4.74 Å². The van der Waals surface area contributed by atoms with Gasteiger partial charge in [-0.2, -0.15) is 0 Å². The van der Waals surface area contributed by atoms with Crippen molar-refractivity contribution < 1.29 is 9.53 Å². The molecule has 2 rings (SSSR count). The minimum absolute atomic E-state index is 0.507. The van der Waals surface area contributed by atoms with Crippen molar-refractivity contribution >= 4 is 22.8 Å². The summed E-state index contributed by atoms with van der Waals surface area (Å²) < 4.78 is 5.52. The molecule has 1 aromatic rings. The maximum Gasteiger partial charge on any atom is 0.322 e. The topological polar surface area (TPSA) is 41.9 Å². The van der Waals surface area contributed by atoms with Gasteiger partial charge in [0.1, 0.15) is 11.6 Å². The molecule has 1 amide bonds. The number of amides is 1. The third kappa shape index (κ3) is 2.42. The van der Waals surface area contributed by atoms with E-state index in [9.17, 15) is 4.79 Å². The van der Waals surface area contributed by atoms with Crippen LogP contribution >= 0.6 is 11.6 Å². The van der Waals surface area contributed by atoms with Crippen LogP contribution in [0.3, 0.4) is 0 Å². The first-order chi connectivity index (χ1) is 8.24. The predicted molar refractivity (Wildman–Crippen MR) is 67.0 cm³/mol. The Labute approximate surface area is 105 Å². The Kier molecular flexibility index (Phi) is 3.64. The Morgan fingerprint density at radius 3 is 3.00 bits per heavy atom. The zero-order valence-electron chi connectivity index (χ0n) is 9.52. The Bertz CT molecular complexity index is 460. The summed E-state index contributed by atoms with van der Waals surface area (Å²) in [4.78, 5) is 17.0. The number of rotatable bonds is 3. The van der Waals surface area contributed by atoms with Crippen molar-refractivity contribution in [1.82, 2.24) is 4.90 Å². The zero-order valence-corrected chi connectivity index (χ0v) is 10.3. The largest absolute Gasteiger partial charge is 0.493 e.